The van der Waals surface area contributed by atoms with Gasteiger partial charge in [0.05, 0.1) is 47.0 Å². The quantitative estimate of drug-likeness (QED) is 0.0966. The average molecular weight is 1010 g/mol. The normalized spacial score (nSPS) is 13.2. The Hall–Kier alpha value is -2.77. The van der Waals surface area contributed by atoms with Crippen molar-refractivity contribution < 1.29 is 22.6 Å². The molecule has 8 rings (SSSR count). The predicted molar refractivity (Wildman–Crippen MR) is 223 cm³/mol. The van der Waals surface area contributed by atoms with Gasteiger partial charge >= 0.3 is 10.1 Å². The van der Waals surface area contributed by atoms with E-state index < -0.39 is 16.0 Å². The van der Waals surface area contributed by atoms with Gasteiger partial charge in [-0.2, -0.15) is 18.6 Å². The number of amides is 2. The molecular formula is C35H24Br2Cl4N6O5S3. The number of fused-ring (bicyclic) bond motifs is 6. The number of thiophene rings is 2. The molecule has 2 aliphatic carbocycles. The maximum atomic E-state index is 13.7. The molecular weight excluding hydrogens is 982 g/mol. The van der Waals surface area contributed by atoms with Gasteiger partial charge in [0.15, 0.2) is 15.6 Å². The smallest absolute Gasteiger partial charge is 0.305 e. The molecule has 11 nitrogen and oxygen atoms in total. The molecule has 284 valence electrons. The standard InChI is InChI=1S/C35H24Br2Cl4N6O5S3/c36-21-14-53-31-17(21)4-6-19-27(44-46(29(19)31)24-8-2-15(38)12-22(24)40)33(48)42-10-1-11-43-34(49)28-20-7-5-18-26(37)35(55(50,51)52)54-32(18)30(20)47(45-28)25-9-3-16(39)13-23(25)41/h2-3,8-9,12-14H,1,4-7,10-11H2,(H,42,48)(H,43,49)(H,50,51,52). The van der Waals surface area contributed by atoms with Crippen LogP contribution in [-0.2, 0) is 35.8 Å². The number of halogens is 6. The lowest BCUT2D eigenvalue weighted by Crippen LogP contribution is -2.31. The molecule has 0 spiro atoms. The number of hydrogen-bond donors (Lipinski definition) is 3. The second-order valence-corrected chi connectivity index (χ2v) is 19.5. The van der Waals surface area contributed by atoms with Crippen molar-refractivity contribution in [1.82, 2.24) is 30.2 Å². The van der Waals surface area contributed by atoms with E-state index in [1.807, 2.05) is 5.38 Å². The molecule has 2 amide bonds. The van der Waals surface area contributed by atoms with Crippen LogP contribution in [0.3, 0.4) is 0 Å². The SMILES string of the molecule is O=C(NCCCNC(=O)c1nn(-c2ccc(Cl)cc2Cl)c2c1CCc1c-2sc(S(=O)(=O)O)c1Br)c1nn(-c2ccc(Cl)cc2Cl)c2c1CCc1c(Br)csc1-2. The van der Waals surface area contributed by atoms with Gasteiger partial charge in [-0.15, -0.1) is 22.7 Å². The first-order chi connectivity index (χ1) is 26.2. The molecule has 3 N–H and O–H groups in total. The van der Waals surface area contributed by atoms with Crippen LogP contribution in [0.5, 0.6) is 0 Å². The second-order valence-electron chi connectivity index (χ2n) is 12.6. The summed E-state index contributed by atoms with van der Waals surface area (Å²) in [6.07, 6.45) is 2.53. The van der Waals surface area contributed by atoms with E-state index in [1.165, 1.54) is 4.68 Å². The fourth-order valence-electron chi connectivity index (χ4n) is 6.82. The number of nitrogens with zero attached hydrogens (tertiary/aromatic N) is 4. The first kappa shape index (κ1) is 39.1. The molecule has 2 aliphatic rings. The Labute approximate surface area is 358 Å². The molecule has 0 fully saturated rings. The Morgan fingerprint density at radius 2 is 1.25 bits per heavy atom. The number of carbonyl (C=O) groups excluding carboxylic acids is 2. The molecule has 0 aliphatic heterocycles. The van der Waals surface area contributed by atoms with Crippen LogP contribution < -0.4 is 10.6 Å². The van der Waals surface area contributed by atoms with Gasteiger partial charge in [0.2, 0.25) is 0 Å². The van der Waals surface area contributed by atoms with Crippen LogP contribution in [0.4, 0.5) is 0 Å². The fourth-order valence-corrected chi connectivity index (χ4v) is 13.1. The number of aromatic nitrogens is 4. The van der Waals surface area contributed by atoms with Gasteiger partial charge in [-0.05, 0) is 111 Å². The third kappa shape index (κ3) is 7.10. The molecule has 2 aromatic carbocycles. The number of rotatable bonds is 9. The molecule has 0 radical (unpaired) electrons. The summed E-state index contributed by atoms with van der Waals surface area (Å²) in [6, 6.07) is 9.98. The van der Waals surface area contributed by atoms with Crippen molar-refractivity contribution in [3.8, 4) is 32.5 Å². The highest BCUT2D eigenvalue weighted by atomic mass is 79.9. The minimum atomic E-state index is -4.53. The highest BCUT2D eigenvalue weighted by molar-refractivity contribution is 9.11. The van der Waals surface area contributed by atoms with Crippen molar-refractivity contribution in [1.29, 1.82) is 0 Å². The first-order valence-corrected chi connectivity index (χ1v) is 22.7. The third-order valence-electron chi connectivity index (χ3n) is 9.27. The van der Waals surface area contributed by atoms with Crippen molar-refractivity contribution in [2.45, 2.75) is 36.3 Å². The van der Waals surface area contributed by atoms with E-state index in [4.69, 9.17) is 51.5 Å². The van der Waals surface area contributed by atoms with Gasteiger partial charge in [0, 0.05) is 44.1 Å². The largest absolute Gasteiger partial charge is 0.351 e. The van der Waals surface area contributed by atoms with Crippen LogP contribution in [0.15, 0.2) is 54.9 Å². The summed E-state index contributed by atoms with van der Waals surface area (Å²) in [5.41, 5.74) is 6.04. The number of benzene rings is 2. The van der Waals surface area contributed by atoms with E-state index >= 15 is 0 Å². The lowest BCUT2D eigenvalue weighted by Gasteiger charge is -2.16. The summed E-state index contributed by atoms with van der Waals surface area (Å²) < 4.78 is 38.6. The van der Waals surface area contributed by atoms with Crippen LogP contribution in [0.1, 0.15) is 49.7 Å². The van der Waals surface area contributed by atoms with Gasteiger partial charge in [-0.1, -0.05) is 46.4 Å². The van der Waals surface area contributed by atoms with Crippen molar-refractivity contribution in [3.63, 3.8) is 0 Å². The van der Waals surface area contributed by atoms with Gasteiger partial charge in [-0.25, -0.2) is 9.36 Å². The van der Waals surface area contributed by atoms with E-state index in [2.05, 4.69) is 47.6 Å². The van der Waals surface area contributed by atoms with Crippen LogP contribution in [-0.4, -0.2) is 57.4 Å². The molecule has 55 heavy (non-hydrogen) atoms. The molecule has 0 unspecified atom stereocenters. The molecule has 4 heterocycles. The molecule has 0 bridgehead atoms. The Morgan fingerprint density at radius 3 is 1.76 bits per heavy atom. The summed E-state index contributed by atoms with van der Waals surface area (Å²) in [5, 5.41) is 18.9. The van der Waals surface area contributed by atoms with Gasteiger partial charge < -0.3 is 10.6 Å². The fraction of sp³-hybridized carbons (Fsp3) is 0.200. The highest BCUT2D eigenvalue weighted by Gasteiger charge is 2.35. The minimum absolute atomic E-state index is 0.145. The molecule has 0 atom stereocenters. The zero-order valence-corrected chi connectivity index (χ0v) is 36.5. The number of hydrogen-bond acceptors (Lipinski definition) is 8. The summed E-state index contributed by atoms with van der Waals surface area (Å²) in [4.78, 5) is 28.9. The van der Waals surface area contributed by atoms with Crippen molar-refractivity contribution in [3.05, 3.63) is 104 Å². The molecule has 6 aromatic rings. The van der Waals surface area contributed by atoms with E-state index in [0.717, 1.165) is 43.9 Å². The van der Waals surface area contributed by atoms with Crippen molar-refractivity contribution in [2.75, 3.05) is 13.1 Å². The Bertz CT molecular complexity index is 2710. The first-order valence-electron chi connectivity index (χ1n) is 16.5. The lowest BCUT2D eigenvalue weighted by atomic mass is 9.94. The van der Waals surface area contributed by atoms with Gasteiger partial charge in [0.25, 0.3) is 11.8 Å². The van der Waals surface area contributed by atoms with Crippen molar-refractivity contribution in [2.24, 2.45) is 0 Å². The Kier molecular flexibility index (Phi) is 10.8. The van der Waals surface area contributed by atoms with Gasteiger partial charge in [0.1, 0.15) is 0 Å². The van der Waals surface area contributed by atoms with Crippen LogP contribution >= 0.6 is 101 Å². The summed E-state index contributed by atoms with van der Waals surface area (Å²) in [5.74, 6) is -0.800. The van der Waals surface area contributed by atoms with E-state index in [0.29, 0.717) is 79.5 Å². The van der Waals surface area contributed by atoms with Crippen LogP contribution in [0.2, 0.25) is 20.1 Å². The van der Waals surface area contributed by atoms with Crippen LogP contribution in [0.25, 0.3) is 32.5 Å². The lowest BCUT2D eigenvalue weighted by molar-refractivity contribution is 0.0945. The predicted octanol–water partition coefficient (Wildman–Crippen LogP) is 9.65. The molecule has 0 saturated carbocycles. The zero-order chi connectivity index (χ0) is 38.9. The number of carbonyl (C=O) groups is 2. The third-order valence-corrected chi connectivity index (χ3v) is 16.4. The maximum Gasteiger partial charge on any atom is 0.305 e. The summed E-state index contributed by atoms with van der Waals surface area (Å²) in [6.45, 7) is 0.459. The van der Waals surface area contributed by atoms with Gasteiger partial charge in [-0.3, -0.25) is 14.1 Å². The number of nitrogens with one attached hydrogen (secondary N) is 2. The Balaban J connectivity index is 1.01. The topological polar surface area (TPSA) is 148 Å². The molecule has 20 heteroatoms. The minimum Gasteiger partial charge on any atom is -0.351 e. The zero-order valence-electron chi connectivity index (χ0n) is 27.9. The van der Waals surface area contributed by atoms with E-state index in [-0.39, 0.29) is 38.4 Å². The van der Waals surface area contributed by atoms with E-state index in [9.17, 15) is 22.6 Å². The Morgan fingerprint density at radius 1 is 0.764 bits per heavy atom. The maximum absolute atomic E-state index is 13.7. The summed E-state index contributed by atoms with van der Waals surface area (Å²) >= 11 is 35.0. The van der Waals surface area contributed by atoms with Crippen LogP contribution in [0, 0.1) is 0 Å². The molecule has 0 saturated heterocycles. The van der Waals surface area contributed by atoms with Crippen molar-refractivity contribution >= 4 is 123 Å². The monoisotopic (exact) mass is 1000 g/mol. The summed E-state index contributed by atoms with van der Waals surface area (Å²) in [7, 11) is -4.53. The highest BCUT2D eigenvalue weighted by Crippen LogP contribution is 2.49. The second kappa shape index (κ2) is 15.2. The molecule has 4 aromatic heterocycles. The van der Waals surface area contributed by atoms with E-state index in [1.54, 1.807) is 52.4 Å². The average Bonchev–Trinajstić information content (AvgIpc) is 3.90.